The number of amides is 1. The molecule has 2 nitrogen and oxygen atoms in total. The van der Waals surface area contributed by atoms with Gasteiger partial charge in [0.25, 0.3) is 0 Å². The van der Waals surface area contributed by atoms with Gasteiger partial charge in [-0.2, -0.15) is 0 Å². The lowest BCUT2D eigenvalue weighted by atomic mass is 9.98. The Balaban J connectivity index is 2.29. The third kappa shape index (κ3) is 1.54. The summed E-state index contributed by atoms with van der Waals surface area (Å²) >= 11 is 0. The molecule has 1 aliphatic rings. The van der Waals surface area contributed by atoms with Crippen molar-refractivity contribution >= 4 is 5.91 Å². The summed E-state index contributed by atoms with van der Waals surface area (Å²) in [6.07, 6.45) is 0.746. The van der Waals surface area contributed by atoms with Crippen molar-refractivity contribution in [3.8, 4) is 0 Å². The molecule has 0 bridgehead atoms. The van der Waals surface area contributed by atoms with Gasteiger partial charge in [0, 0.05) is 6.54 Å². The summed E-state index contributed by atoms with van der Waals surface area (Å²) in [5, 5.41) is 2.71. The summed E-state index contributed by atoms with van der Waals surface area (Å²) in [7, 11) is 0. The van der Waals surface area contributed by atoms with E-state index < -0.39 is 0 Å². The Hall–Kier alpha value is -1.38. The van der Waals surface area contributed by atoms with Crippen LogP contribution in [-0.4, -0.2) is 12.5 Å². The topological polar surface area (TPSA) is 29.1 Å². The fourth-order valence-corrected chi connectivity index (χ4v) is 1.57. The van der Waals surface area contributed by atoms with Crippen LogP contribution in [0, 0.1) is 11.9 Å². The van der Waals surface area contributed by atoms with E-state index in [0.717, 1.165) is 12.0 Å². The second-order valence-electron chi connectivity index (χ2n) is 3.12. The van der Waals surface area contributed by atoms with E-state index in [1.165, 1.54) is 12.1 Å². The summed E-state index contributed by atoms with van der Waals surface area (Å²) in [6, 6.07) is 6.99. The number of halogens is 1. The van der Waals surface area contributed by atoms with Crippen molar-refractivity contribution in [2.75, 3.05) is 6.54 Å². The first-order valence-electron chi connectivity index (χ1n) is 4.21. The molecule has 1 aliphatic heterocycles. The Bertz CT molecular complexity index is 337. The van der Waals surface area contributed by atoms with Crippen molar-refractivity contribution in [2.24, 2.45) is 0 Å². The number of rotatable bonds is 1. The van der Waals surface area contributed by atoms with Crippen LogP contribution >= 0.6 is 0 Å². The van der Waals surface area contributed by atoms with E-state index in [4.69, 9.17) is 0 Å². The lowest BCUT2D eigenvalue weighted by Gasteiger charge is -2.05. The van der Waals surface area contributed by atoms with Gasteiger partial charge in [0.1, 0.15) is 5.82 Å². The minimum atomic E-state index is -0.336. The minimum Gasteiger partial charge on any atom is -0.356 e. The Morgan fingerprint density at radius 2 is 2.38 bits per heavy atom. The largest absolute Gasteiger partial charge is 0.356 e. The number of hydrogen-bond acceptors (Lipinski definition) is 1. The fraction of sp³-hybridized carbons (Fsp3) is 0.300. The van der Waals surface area contributed by atoms with E-state index in [2.05, 4.69) is 11.4 Å². The molecule has 13 heavy (non-hydrogen) atoms. The number of carbonyl (C=O) groups excluding carboxylic acids is 1. The van der Waals surface area contributed by atoms with Crippen molar-refractivity contribution in [1.29, 1.82) is 0 Å². The van der Waals surface area contributed by atoms with E-state index in [-0.39, 0.29) is 17.6 Å². The van der Waals surface area contributed by atoms with Gasteiger partial charge in [-0.05, 0) is 30.2 Å². The quantitative estimate of drug-likeness (QED) is 0.688. The molecule has 1 N–H and O–H groups in total. The maximum Gasteiger partial charge on any atom is 0.227 e. The maximum atomic E-state index is 12.8. The summed E-state index contributed by atoms with van der Waals surface area (Å²) < 4.78 is 12.8. The summed E-state index contributed by atoms with van der Waals surface area (Å²) in [5.74, 6) is -0.539. The highest BCUT2D eigenvalue weighted by molar-refractivity contribution is 5.85. The molecule has 1 fully saturated rings. The molecule has 0 aromatic heterocycles. The Morgan fingerprint density at radius 3 is 3.00 bits per heavy atom. The zero-order valence-corrected chi connectivity index (χ0v) is 7.01. The third-order valence-electron chi connectivity index (χ3n) is 2.23. The molecule has 1 amide bonds. The molecule has 2 rings (SSSR count). The molecule has 0 aliphatic carbocycles. The normalized spacial score (nSPS) is 21.6. The van der Waals surface area contributed by atoms with Gasteiger partial charge in [-0.25, -0.2) is 4.39 Å². The average Bonchev–Trinajstić information content (AvgIpc) is 2.51. The van der Waals surface area contributed by atoms with Gasteiger partial charge < -0.3 is 5.32 Å². The molecule has 1 aromatic rings. The molecule has 0 saturated carbocycles. The van der Waals surface area contributed by atoms with Crippen LogP contribution in [0.4, 0.5) is 4.39 Å². The van der Waals surface area contributed by atoms with E-state index in [0.29, 0.717) is 6.54 Å². The molecule has 1 saturated heterocycles. The molecule has 1 unspecified atom stereocenters. The smallest absolute Gasteiger partial charge is 0.227 e. The van der Waals surface area contributed by atoms with Gasteiger partial charge in [-0.1, -0.05) is 6.07 Å². The second kappa shape index (κ2) is 3.17. The number of benzene rings is 1. The summed E-state index contributed by atoms with van der Waals surface area (Å²) in [4.78, 5) is 11.2. The van der Waals surface area contributed by atoms with Crippen LogP contribution in [0.2, 0.25) is 0 Å². The first-order chi connectivity index (χ1) is 6.27. The van der Waals surface area contributed by atoms with Crippen molar-refractivity contribution < 1.29 is 9.18 Å². The number of carbonyl (C=O) groups is 1. The molecule has 1 heterocycles. The standard InChI is InChI=1S/C10H9FNO/c11-8-3-1-2-7(6-8)9-4-5-12-10(9)13/h2-3,6,9H,4-5H2,(H,12,13). The van der Waals surface area contributed by atoms with Crippen molar-refractivity contribution in [1.82, 2.24) is 5.32 Å². The zero-order valence-electron chi connectivity index (χ0n) is 7.01. The molecule has 0 spiro atoms. The zero-order chi connectivity index (χ0) is 9.26. The van der Waals surface area contributed by atoms with Gasteiger partial charge in [-0.15, -0.1) is 0 Å². The first-order valence-corrected chi connectivity index (χ1v) is 4.21. The Morgan fingerprint density at radius 1 is 1.54 bits per heavy atom. The van der Waals surface area contributed by atoms with Crippen LogP contribution < -0.4 is 5.32 Å². The number of nitrogens with one attached hydrogen (secondary N) is 1. The van der Waals surface area contributed by atoms with Crippen molar-refractivity contribution in [2.45, 2.75) is 12.3 Å². The highest BCUT2D eigenvalue weighted by Gasteiger charge is 2.25. The van der Waals surface area contributed by atoms with E-state index in [1.807, 2.05) is 0 Å². The second-order valence-corrected chi connectivity index (χ2v) is 3.12. The van der Waals surface area contributed by atoms with Gasteiger partial charge in [0.2, 0.25) is 5.91 Å². The monoisotopic (exact) mass is 178 g/mol. The summed E-state index contributed by atoms with van der Waals surface area (Å²) in [6.45, 7) is 0.681. The van der Waals surface area contributed by atoms with E-state index >= 15 is 0 Å². The third-order valence-corrected chi connectivity index (χ3v) is 2.23. The van der Waals surface area contributed by atoms with Crippen LogP contribution in [0.1, 0.15) is 17.9 Å². The molecule has 1 radical (unpaired) electrons. The van der Waals surface area contributed by atoms with E-state index in [1.54, 1.807) is 6.07 Å². The number of hydrogen-bond donors (Lipinski definition) is 1. The van der Waals surface area contributed by atoms with Crippen molar-refractivity contribution in [3.63, 3.8) is 0 Å². The van der Waals surface area contributed by atoms with Gasteiger partial charge in [-0.3, -0.25) is 4.79 Å². The van der Waals surface area contributed by atoms with Crippen LogP contribution in [0.25, 0.3) is 0 Å². The fourth-order valence-electron chi connectivity index (χ4n) is 1.57. The SMILES string of the molecule is O=C1NCCC1c1c[c]cc(F)c1. The van der Waals surface area contributed by atoms with Gasteiger partial charge >= 0.3 is 0 Å². The average molecular weight is 178 g/mol. The highest BCUT2D eigenvalue weighted by atomic mass is 19.1. The Labute approximate surface area is 75.8 Å². The van der Waals surface area contributed by atoms with Crippen LogP contribution in [0.5, 0.6) is 0 Å². The predicted octanol–water partition coefficient (Wildman–Crippen LogP) is 1.23. The van der Waals surface area contributed by atoms with Gasteiger partial charge in [0.15, 0.2) is 0 Å². The predicted molar refractivity (Wildman–Crippen MR) is 45.6 cm³/mol. The van der Waals surface area contributed by atoms with Crippen molar-refractivity contribution in [3.05, 3.63) is 35.6 Å². The molecular weight excluding hydrogens is 169 g/mol. The first kappa shape index (κ1) is 8.23. The lowest BCUT2D eigenvalue weighted by molar-refractivity contribution is -0.120. The maximum absolute atomic E-state index is 12.8. The molecule has 3 heteroatoms. The lowest BCUT2D eigenvalue weighted by Crippen LogP contribution is -2.17. The summed E-state index contributed by atoms with van der Waals surface area (Å²) in [5.41, 5.74) is 0.718. The van der Waals surface area contributed by atoms with Crippen LogP contribution in [0.3, 0.4) is 0 Å². The van der Waals surface area contributed by atoms with Crippen LogP contribution in [0.15, 0.2) is 18.2 Å². The molecular formula is C10H9FNO. The van der Waals surface area contributed by atoms with Gasteiger partial charge in [0.05, 0.1) is 5.92 Å². The molecule has 1 atom stereocenters. The highest BCUT2D eigenvalue weighted by Crippen LogP contribution is 2.23. The molecule has 1 aromatic carbocycles. The van der Waals surface area contributed by atoms with Crippen LogP contribution in [-0.2, 0) is 4.79 Å². The molecule has 67 valence electrons. The minimum absolute atomic E-state index is 0.0148. The van der Waals surface area contributed by atoms with E-state index in [9.17, 15) is 9.18 Å². The Kier molecular flexibility index (Phi) is 2.00.